The smallest absolute Gasteiger partial charge is 0.323 e. The molecule has 1 aromatic rings. The first-order valence-corrected chi connectivity index (χ1v) is 6.33. The van der Waals surface area contributed by atoms with Gasteiger partial charge in [0.2, 0.25) is 5.13 Å². The van der Waals surface area contributed by atoms with E-state index in [9.17, 15) is 4.79 Å². The second-order valence-corrected chi connectivity index (χ2v) is 4.99. The number of carbonyl (C=O) groups is 1. The van der Waals surface area contributed by atoms with Crippen LogP contribution in [0, 0.1) is 0 Å². The molecule has 2 rings (SSSR count). The number of likely N-dealkylation sites (tertiary alicyclic amines) is 1. The molecule has 2 heterocycles. The van der Waals surface area contributed by atoms with Gasteiger partial charge in [-0.2, -0.15) is 4.37 Å². The molecule has 0 saturated carbocycles. The van der Waals surface area contributed by atoms with Gasteiger partial charge in [0.15, 0.2) is 0 Å². The van der Waals surface area contributed by atoms with Crippen LogP contribution in [0.15, 0.2) is 0 Å². The summed E-state index contributed by atoms with van der Waals surface area (Å²) in [5, 5.41) is 3.39. The molecule has 1 N–H and O–H groups in total. The minimum atomic E-state index is -0.0519. The number of nitrogens with zero attached hydrogens (tertiary/aromatic N) is 3. The molecule has 0 radical (unpaired) electrons. The highest BCUT2D eigenvalue weighted by Crippen LogP contribution is 2.18. The highest BCUT2D eigenvalue weighted by molar-refractivity contribution is 7.09. The maximum absolute atomic E-state index is 11.7. The summed E-state index contributed by atoms with van der Waals surface area (Å²) in [7, 11) is 0. The Morgan fingerprint density at radius 1 is 1.44 bits per heavy atom. The average Bonchev–Trinajstić information content (AvgIpc) is 2.87. The number of aromatic nitrogens is 2. The molecule has 88 valence electrons. The van der Waals surface area contributed by atoms with Gasteiger partial charge in [-0.15, -0.1) is 0 Å². The molecular weight excluding hydrogens is 224 g/mol. The lowest BCUT2D eigenvalue weighted by Crippen LogP contribution is -2.32. The van der Waals surface area contributed by atoms with E-state index < -0.39 is 0 Å². The highest BCUT2D eigenvalue weighted by Gasteiger charge is 2.19. The third-order valence-electron chi connectivity index (χ3n) is 2.57. The normalized spacial score (nSPS) is 15.8. The van der Waals surface area contributed by atoms with Crippen molar-refractivity contribution in [2.75, 3.05) is 18.4 Å². The molecule has 0 atom stereocenters. The Labute approximate surface area is 99.0 Å². The predicted octanol–water partition coefficient (Wildman–Crippen LogP) is 2.29. The van der Waals surface area contributed by atoms with Gasteiger partial charge in [-0.05, 0) is 12.8 Å². The molecule has 1 saturated heterocycles. The monoisotopic (exact) mass is 240 g/mol. The maximum atomic E-state index is 11.7. The molecule has 0 unspecified atom stereocenters. The molecule has 1 aromatic heterocycles. The van der Waals surface area contributed by atoms with E-state index in [0.29, 0.717) is 11.0 Å². The number of anilines is 1. The topological polar surface area (TPSA) is 58.1 Å². The van der Waals surface area contributed by atoms with Crippen molar-refractivity contribution in [1.29, 1.82) is 0 Å². The summed E-state index contributed by atoms with van der Waals surface area (Å²) in [5.41, 5.74) is 0. The summed E-state index contributed by atoms with van der Waals surface area (Å²) in [6.45, 7) is 5.77. The van der Waals surface area contributed by atoms with Crippen LogP contribution in [0.4, 0.5) is 9.93 Å². The van der Waals surface area contributed by atoms with E-state index in [-0.39, 0.29) is 6.03 Å². The number of nitrogens with one attached hydrogen (secondary N) is 1. The van der Waals surface area contributed by atoms with E-state index in [1.165, 1.54) is 11.5 Å². The number of hydrogen-bond donors (Lipinski definition) is 1. The first kappa shape index (κ1) is 11.3. The van der Waals surface area contributed by atoms with Crippen molar-refractivity contribution in [2.45, 2.75) is 32.6 Å². The zero-order chi connectivity index (χ0) is 11.5. The van der Waals surface area contributed by atoms with E-state index in [1.54, 1.807) is 0 Å². The number of rotatable bonds is 2. The standard InChI is InChI=1S/C10H16N4OS/c1-7(2)8-11-9(16-13-8)12-10(15)14-5-3-4-6-14/h7H,3-6H2,1-2H3,(H,11,12,13,15). The summed E-state index contributed by atoms with van der Waals surface area (Å²) in [6.07, 6.45) is 2.20. The van der Waals surface area contributed by atoms with E-state index in [2.05, 4.69) is 14.7 Å². The number of amides is 2. The number of carbonyl (C=O) groups excluding carboxylic acids is 1. The van der Waals surface area contributed by atoms with Gasteiger partial charge >= 0.3 is 6.03 Å². The highest BCUT2D eigenvalue weighted by atomic mass is 32.1. The van der Waals surface area contributed by atoms with Crippen LogP contribution in [0.5, 0.6) is 0 Å². The van der Waals surface area contributed by atoms with E-state index in [4.69, 9.17) is 0 Å². The zero-order valence-corrected chi connectivity index (χ0v) is 10.4. The number of urea groups is 1. The molecule has 1 aliphatic heterocycles. The minimum Gasteiger partial charge on any atom is -0.324 e. The second-order valence-electron chi connectivity index (χ2n) is 4.24. The predicted molar refractivity (Wildman–Crippen MR) is 63.8 cm³/mol. The van der Waals surface area contributed by atoms with Crippen LogP contribution in [0.25, 0.3) is 0 Å². The van der Waals surface area contributed by atoms with Crippen molar-refractivity contribution < 1.29 is 4.79 Å². The van der Waals surface area contributed by atoms with Gasteiger partial charge in [0.25, 0.3) is 0 Å². The van der Waals surface area contributed by atoms with Crippen LogP contribution in [-0.2, 0) is 0 Å². The molecule has 0 bridgehead atoms. The van der Waals surface area contributed by atoms with Crippen LogP contribution in [0.2, 0.25) is 0 Å². The fourth-order valence-electron chi connectivity index (χ4n) is 1.61. The Hall–Kier alpha value is -1.17. The molecule has 0 aromatic carbocycles. The molecule has 5 nitrogen and oxygen atoms in total. The van der Waals surface area contributed by atoms with Crippen molar-refractivity contribution in [3.05, 3.63) is 5.82 Å². The Bertz CT molecular complexity index is 371. The fraction of sp³-hybridized carbons (Fsp3) is 0.700. The summed E-state index contributed by atoms with van der Waals surface area (Å²) < 4.78 is 4.19. The van der Waals surface area contributed by atoms with E-state index in [1.807, 2.05) is 18.7 Å². The van der Waals surface area contributed by atoms with Crippen LogP contribution in [0.3, 0.4) is 0 Å². The first-order valence-electron chi connectivity index (χ1n) is 5.56. The van der Waals surface area contributed by atoms with E-state index in [0.717, 1.165) is 31.8 Å². The third-order valence-corrected chi connectivity index (χ3v) is 3.21. The van der Waals surface area contributed by atoms with Crippen molar-refractivity contribution in [1.82, 2.24) is 14.3 Å². The molecule has 0 aliphatic carbocycles. The Morgan fingerprint density at radius 2 is 2.12 bits per heavy atom. The summed E-state index contributed by atoms with van der Waals surface area (Å²) in [4.78, 5) is 17.8. The molecular formula is C10H16N4OS. The van der Waals surface area contributed by atoms with Crippen molar-refractivity contribution in [3.8, 4) is 0 Å². The summed E-state index contributed by atoms with van der Waals surface area (Å²) in [5.74, 6) is 1.09. The molecule has 0 spiro atoms. The quantitative estimate of drug-likeness (QED) is 0.862. The Balaban J connectivity index is 1.95. The van der Waals surface area contributed by atoms with Crippen molar-refractivity contribution in [3.63, 3.8) is 0 Å². The molecule has 1 fully saturated rings. The van der Waals surface area contributed by atoms with Gasteiger partial charge in [-0.3, -0.25) is 5.32 Å². The zero-order valence-electron chi connectivity index (χ0n) is 9.56. The lowest BCUT2D eigenvalue weighted by molar-refractivity contribution is 0.222. The first-order chi connectivity index (χ1) is 7.66. The number of hydrogen-bond acceptors (Lipinski definition) is 4. The van der Waals surface area contributed by atoms with Crippen LogP contribution < -0.4 is 5.32 Å². The van der Waals surface area contributed by atoms with Gasteiger partial charge < -0.3 is 4.90 Å². The third kappa shape index (κ3) is 2.49. The molecule has 16 heavy (non-hydrogen) atoms. The van der Waals surface area contributed by atoms with Crippen LogP contribution >= 0.6 is 11.5 Å². The maximum Gasteiger partial charge on any atom is 0.323 e. The van der Waals surface area contributed by atoms with Crippen molar-refractivity contribution >= 4 is 22.7 Å². The summed E-state index contributed by atoms with van der Waals surface area (Å²) in [6, 6.07) is -0.0519. The second kappa shape index (κ2) is 4.78. The molecule has 1 aliphatic rings. The average molecular weight is 240 g/mol. The van der Waals surface area contributed by atoms with E-state index >= 15 is 0 Å². The lowest BCUT2D eigenvalue weighted by atomic mass is 10.2. The van der Waals surface area contributed by atoms with Gasteiger partial charge in [-0.1, -0.05) is 13.8 Å². The SMILES string of the molecule is CC(C)c1nsc(NC(=O)N2CCCC2)n1. The Kier molecular flexibility index (Phi) is 3.38. The molecule has 6 heteroatoms. The van der Waals surface area contributed by atoms with Gasteiger partial charge in [-0.25, -0.2) is 9.78 Å². The molecule has 2 amide bonds. The Morgan fingerprint density at radius 3 is 2.69 bits per heavy atom. The minimum absolute atomic E-state index is 0.0519. The van der Waals surface area contributed by atoms with Crippen molar-refractivity contribution in [2.24, 2.45) is 0 Å². The van der Waals surface area contributed by atoms with Gasteiger partial charge in [0.1, 0.15) is 5.82 Å². The van der Waals surface area contributed by atoms with Gasteiger partial charge in [0.05, 0.1) is 0 Å². The largest absolute Gasteiger partial charge is 0.324 e. The van der Waals surface area contributed by atoms with Crippen LogP contribution in [-0.4, -0.2) is 33.4 Å². The fourth-order valence-corrected chi connectivity index (χ4v) is 2.31. The lowest BCUT2D eigenvalue weighted by Gasteiger charge is -2.14. The van der Waals surface area contributed by atoms with Crippen LogP contribution in [0.1, 0.15) is 38.4 Å². The summed E-state index contributed by atoms with van der Waals surface area (Å²) >= 11 is 1.25. The van der Waals surface area contributed by atoms with Gasteiger partial charge in [0, 0.05) is 30.5 Å².